The van der Waals surface area contributed by atoms with Crippen LogP contribution in [0.4, 0.5) is 5.69 Å². The second-order valence-corrected chi connectivity index (χ2v) is 7.00. The second-order valence-electron chi connectivity index (χ2n) is 6.56. The Balaban J connectivity index is 1.56. The third-order valence-electron chi connectivity index (χ3n) is 4.43. The van der Waals surface area contributed by atoms with Gasteiger partial charge in [0.1, 0.15) is 5.75 Å². The number of nitrogens with zero attached hydrogens (tertiary/aromatic N) is 1. The van der Waals surface area contributed by atoms with Gasteiger partial charge in [-0.05, 0) is 55.0 Å². The lowest BCUT2D eigenvalue weighted by molar-refractivity contribution is -0.132. The fourth-order valence-electron chi connectivity index (χ4n) is 2.95. The van der Waals surface area contributed by atoms with Crippen molar-refractivity contribution in [1.29, 1.82) is 0 Å². The van der Waals surface area contributed by atoms with E-state index in [4.69, 9.17) is 21.4 Å². The molecular formula is C21H20ClNO4. The number of carboxylic acid groups (broad SMARTS) is 1. The van der Waals surface area contributed by atoms with Crippen LogP contribution in [0.2, 0.25) is 5.02 Å². The van der Waals surface area contributed by atoms with Crippen LogP contribution in [0.25, 0.3) is 6.08 Å². The number of rotatable bonds is 6. The van der Waals surface area contributed by atoms with E-state index < -0.39 is 5.97 Å². The zero-order chi connectivity index (χ0) is 19.4. The lowest BCUT2D eigenvalue weighted by atomic mass is 10.1. The number of ether oxygens (including phenoxy) is 1. The summed E-state index contributed by atoms with van der Waals surface area (Å²) in [4.78, 5) is 24.9. The van der Waals surface area contributed by atoms with Crippen molar-refractivity contribution in [1.82, 2.24) is 0 Å². The molecule has 5 nitrogen and oxygen atoms in total. The normalized spacial score (nSPS) is 17.3. The van der Waals surface area contributed by atoms with Gasteiger partial charge in [-0.2, -0.15) is 0 Å². The average Bonchev–Trinajstić information content (AvgIpc) is 3.02. The predicted octanol–water partition coefficient (Wildman–Crippen LogP) is 4.26. The third kappa shape index (κ3) is 4.89. The molecule has 1 N–H and O–H groups in total. The highest BCUT2D eigenvalue weighted by molar-refractivity contribution is 6.30. The van der Waals surface area contributed by atoms with E-state index in [2.05, 4.69) is 0 Å². The fourth-order valence-corrected chi connectivity index (χ4v) is 3.08. The largest absolute Gasteiger partial charge is 0.493 e. The van der Waals surface area contributed by atoms with Crippen LogP contribution >= 0.6 is 11.6 Å². The number of carboxylic acids is 1. The highest BCUT2D eigenvalue weighted by Gasteiger charge is 2.31. The highest BCUT2D eigenvalue weighted by atomic mass is 35.5. The molecule has 27 heavy (non-hydrogen) atoms. The van der Waals surface area contributed by atoms with E-state index in [0.717, 1.165) is 11.3 Å². The van der Waals surface area contributed by atoms with E-state index in [1.54, 1.807) is 42.2 Å². The molecule has 1 saturated heterocycles. The molecule has 1 aliphatic rings. The number of hydrogen-bond donors (Lipinski definition) is 1. The summed E-state index contributed by atoms with van der Waals surface area (Å²) in [5.41, 5.74) is 1.92. The van der Waals surface area contributed by atoms with Crippen LogP contribution in [0.5, 0.6) is 5.75 Å². The summed E-state index contributed by atoms with van der Waals surface area (Å²) in [5.74, 6) is -0.0541. The lowest BCUT2D eigenvalue weighted by Crippen LogP contribution is -2.25. The van der Waals surface area contributed by atoms with Crippen LogP contribution in [0.15, 0.2) is 54.1 Å². The van der Waals surface area contributed by atoms with E-state index in [1.165, 1.54) is 0 Å². The first-order chi connectivity index (χ1) is 12.9. The van der Waals surface area contributed by atoms with Crippen molar-refractivity contribution in [3.63, 3.8) is 0 Å². The summed E-state index contributed by atoms with van der Waals surface area (Å²) in [7, 11) is 0. The zero-order valence-electron chi connectivity index (χ0n) is 14.9. The first-order valence-corrected chi connectivity index (χ1v) is 9.00. The van der Waals surface area contributed by atoms with Crippen LogP contribution in [-0.4, -0.2) is 30.1 Å². The van der Waals surface area contributed by atoms with Crippen LogP contribution in [-0.2, 0) is 9.59 Å². The van der Waals surface area contributed by atoms with E-state index in [1.807, 2.05) is 24.3 Å². The number of halogens is 1. The Kier molecular flexibility index (Phi) is 5.81. The maximum absolute atomic E-state index is 12.3. The Hall–Kier alpha value is -2.79. The van der Waals surface area contributed by atoms with Gasteiger partial charge in [-0.1, -0.05) is 23.7 Å². The summed E-state index contributed by atoms with van der Waals surface area (Å²) in [6.45, 7) is 2.61. The molecule has 1 unspecified atom stereocenters. The maximum Gasteiger partial charge on any atom is 0.331 e. The van der Waals surface area contributed by atoms with E-state index >= 15 is 0 Å². The molecule has 0 aromatic heterocycles. The summed E-state index contributed by atoms with van der Waals surface area (Å²) in [5, 5.41) is 9.55. The minimum Gasteiger partial charge on any atom is -0.493 e. The van der Waals surface area contributed by atoms with Gasteiger partial charge >= 0.3 is 5.97 Å². The Morgan fingerprint density at radius 3 is 2.52 bits per heavy atom. The lowest BCUT2D eigenvalue weighted by Gasteiger charge is -2.17. The van der Waals surface area contributed by atoms with Crippen LogP contribution in [0.3, 0.4) is 0 Å². The first kappa shape index (κ1) is 19.0. The summed E-state index contributed by atoms with van der Waals surface area (Å²) < 4.78 is 5.81. The zero-order valence-corrected chi connectivity index (χ0v) is 15.6. The molecule has 0 radical (unpaired) electrons. The molecule has 1 atom stereocenters. The Bertz CT molecular complexity index is 859. The molecule has 0 bridgehead atoms. The molecular weight excluding hydrogens is 366 g/mol. The molecule has 0 saturated carbocycles. The number of aliphatic carboxylic acids is 1. The minimum absolute atomic E-state index is 0.0792. The van der Waals surface area contributed by atoms with Crippen LogP contribution in [0.1, 0.15) is 18.9 Å². The van der Waals surface area contributed by atoms with Gasteiger partial charge in [0.05, 0.1) is 6.61 Å². The predicted molar refractivity (Wildman–Crippen MR) is 105 cm³/mol. The van der Waals surface area contributed by atoms with Crippen LogP contribution in [0, 0.1) is 5.92 Å². The topological polar surface area (TPSA) is 66.8 Å². The molecule has 2 aromatic carbocycles. The Morgan fingerprint density at radius 1 is 1.22 bits per heavy atom. The van der Waals surface area contributed by atoms with Gasteiger partial charge < -0.3 is 14.7 Å². The molecule has 1 aliphatic heterocycles. The SMILES string of the molecule is C/C(=C\c1ccc(OCC2CC(=O)N(c3ccc(Cl)cc3)C2)cc1)C(=O)O. The number of benzene rings is 2. The number of anilines is 1. The first-order valence-electron chi connectivity index (χ1n) is 8.63. The van der Waals surface area contributed by atoms with E-state index in [9.17, 15) is 9.59 Å². The van der Waals surface area contributed by atoms with Gasteiger partial charge in [0.2, 0.25) is 5.91 Å². The molecule has 0 spiro atoms. The third-order valence-corrected chi connectivity index (χ3v) is 4.68. The van der Waals surface area contributed by atoms with Crippen molar-refractivity contribution in [2.24, 2.45) is 5.92 Å². The van der Waals surface area contributed by atoms with E-state index in [-0.39, 0.29) is 17.4 Å². The molecule has 1 fully saturated rings. The van der Waals surface area contributed by atoms with Crippen molar-refractivity contribution in [3.05, 3.63) is 64.7 Å². The van der Waals surface area contributed by atoms with Crippen LogP contribution < -0.4 is 9.64 Å². The number of hydrogen-bond acceptors (Lipinski definition) is 3. The number of carbonyl (C=O) groups excluding carboxylic acids is 1. The monoisotopic (exact) mass is 385 g/mol. The minimum atomic E-state index is -0.938. The molecule has 1 amide bonds. The molecule has 140 valence electrons. The smallest absolute Gasteiger partial charge is 0.331 e. The highest BCUT2D eigenvalue weighted by Crippen LogP contribution is 2.27. The molecule has 6 heteroatoms. The quantitative estimate of drug-likeness (QED) is 0.754. The van der Waals surface area contributed by atoms with Crippen molar-refractivity contribution in [3.8, 4) is 5.75 Å². The molecule has 2 aromatic rings. The number of amides is 1. The van der Waals surface area contributed by atoms with Crippen molar-refractivity contribution < 1.29 is 19.4 Å². The molecule has 3 rings (SSSR count). The Labute approximate surface area is 162 Å². The fraction of sp³-hybridized carbons (Fsp3) is 0.238. The maximum atomic E-state index is 12.3. The Morgan fingerprint density at radius 2 is 1.89 bits per heavy atom. The molecule has 0 aliphatic carbocycles. The average molecular weight is 386 g/mol. The second kappa shape index (κ2) is 8.27. The van der Waals surface area contributed by atoms with Crippen molar-refractivity contribution >= 4 is 35.2 Å². The standard InChI is InChI=1S/C21H20ClNO4/c1-14(21(25)26)10-15-2-8-19(9-3-15)27-13-16-11-20(24)23(12-16)18-6-4-17(22)5-7-18/h2-10,16H,11-13H2,1H3,(H,25,26)/b14-10+. The van der Waals surface area contributed by atoms with E-state index in [0.29, 0.717) is 30.3 Å². The van der Waals surface area contributed by atoms with Crippen molar-refractivity contribution in [2.75, 3.05) is 18.1 Å². The van der Waals surface area contributed by atoms with Gasteiger partial charge in [-0.25, -0.2) is 4.79 Å². The van der Waals surface area contributed by atoms with Gasteiger partial charge in [0, 0.05) is 35.2 Å². The summed E-state index contributed by atoms with van der Waals surface area (Å²) in [6.07, 6.45) is 2.05. The van der Waals surface area contributed by atoms with Gasteiger partial charge in [-0.3, -0.25) is 4.79 Å². The summed E-state index contributed by atoms with van der Waals surface area (Å²) >= 11 is 5.90. The molecule has 1 heterocycles. The number of carbonyl (C=O) groups is 2. The summed E-state index contributed by atoms with van der Waals surface area (Å²) in [6, 6.07) is 14.4. The van der Waals surface area contributed by atoms with Gasteiger partial charge in [0.15, 0.2) is 0 Å². The van der Waals surface area contributed by atoms with Gasteiger partial charge in [-0.15, -0.1) is 0 Å². The van der Waals surface area contributed by atoms with Gasteiger partial charge in [0.25, 0.3) is 0 Å². The van der Waals surface area contributed by atoms with Crippen molar-refractivity contribution in [2.45, 2.75) is 13.3 Å².